The monoisotopic (exact) mass is 787 g/mol. The number of carbonyl (C=O) groups excluding carboxylic acids is 2. The highest BCUT2D eigenvalue weighted by Crippen LogP contribution is 2.34. The van der Waals surface area contributed by atoms with E-state index in [0.29, 0.717) is 22.6 Å². The van der Waals surface area contributed by atoms with Gasteiger partial charge >= 0.3 is 0 Å². The molecule has 0 fully saturated rings. The highest BCUT2D eigenvalue weighted by Gasteiger charge is 2.21. The van der Waals surface area contributed by atoms with E-state index in [0.717, 1.165) is 54.3 Å². The first kappa shape index (κ1) is 38.4. The minimum atomic E-state index is -0.712. The standard InChI is InChI=1S/C46H41N7O6/c1-51-39-22-32(11-14-33(39)26-48-51)28-52(27-31-7-6-8-35(21-31)53-20-18-47-29-53)19-17-30-12-15-34(16-13-30)49-45(55)37-23-42(57-2)43(58-3)24-38(37)50-46(56)44-25-40(54)36-9-4-5-10-41(36)59-44/h4-16,18,20-26,29H,17,19,27-28H2,1-3H3,(H,49,55)(H,50,56). The SMILES string of the molecule is COc1cc(NC(=O)c2cc(=O)c3ccccc3o2)c(C(=O)Nc2ccc(CCN(Cc3cccc(-n4ccnc4)c3)Cc3ccc4cnn(C)c4c3)cc2)cc1OC. The second-order valence-corrected chi connectivity index (χ2v) is 14.1. The smallest absolute Gasteiger partial charge is 0.291 e. The molecule has 8 aromatic rings. The number of hydrogen-bond donors (Lipinski definition) is 2. The third-order valence-electron chi connectivity index (χ3n) is 10.1. The fourth-order valence-corrected chi connectivity index (χ4v) is 7.06. The van der Waals surface area contributed by atoms with Gasteiger partial charge in [-0.15, -0.1) is 0 Å². The number of fused-ring (bicyclic) bond motifs is 2. The van der Waals surface area contributed by atoms with Crippen molar-refractivity contribution >= 4 is 45.1 Å². The minimum absolute atomic E-state index is 0.111. The van der Waals surface area contributed by atoms with Gasteiger partial charge in [-0.3, -0.25) is 24.0 Å². The Morgan fingerprint density at radius 1 is 0.797 bits per heavy atom. The Morgan fingerprint density at radius 3 is 2.34 bits per heavy atom. The van der Waals surface area contributed by atoms with Crippen LogP contribution in [-0.4, -0.2) is 56.8 Å². The number of aryl methyl sites for hydroxylation is 1. The third-order valence-corrected chi connectivity index (χ3v) is 10.1. The molecule has 5 aromatic carbocycles. The number of para-hydroxylation sites is 1. The van der Waals surface area contributed by atoms with E-state index in [1.165, 1.54) is 37.5 Å². The zero-order valence-corrected chi connectivity index (χ0v) is 32.7. The van der Waals surface area contributed by atoms with Crippen molar-refractivity contribution in [1.29, 1.82) is 0 Å². The first-order valence-corrected chi connectivity index (χ1v) is 19.0. The summed E-state index contributed by atoms with van der Waals surface area (Å²) in [6.07, 6.45) is 8.15. The minimum Gasteiger partial charge on any atom is -0.493 e. The molecule has 0 saturated heterocycles. The van der Waals surface area contributed by atoms with Gasteiger partial charge in [-0.1, -0.05) is 48.5 Å². The molecule has 2 amide bonds. The Balaban J connectivity index is 0.984. The lowest BCUT2D eigenvalue weighted by Gasteiger charge is -2.23. The van der Waals surface area contributed by atoms with Gasteiger partial charge in [0, 0.05) is 68.0 Å². The number of benzene rings is 5. The van der Waals surface area contributed by atoms with Crippen LogP contribution in [0, 0.1) is 0 Å². The van der Waals surface area contributed by atoms with E-state index in [-0.39, 0.29) is 28.0 Å². The van der Waals surface area contributed by atoms with Crippen LogP contribution >= 0.6 is 0 Å². The summed E-state index contributed by atoms with van der Waals surface area (Å²) >= 11 is 0. The van der Waals surface area contributed by atoms with Gasteiger partial charge in [-0.2, -0.15) is 5.10 Å². The highest BCUT2D eigenvalue weighted by molar-refractivity contribution is 6.12. The van der Waals surface area contributed by atoms with E-state index in [2.05, 4.69) is 68.1 Å². The van der Waals surface area contributed by atoms with Crippen LogP contribution in [-0.2, 0) is 26.6 Å². The van der Waals surface area contributed by atoms with Crippen molar-refractivity contribution in [2.75, 3.05) is 31.4 Å². The average Bonchev–Trinajstić information content (AvgIpc) is 3.93. The van der Waals surface area contributed by atoms with Crippen LogP contribution in [0.25, 0.3) is 27.6 Å². The number of ether oxygens (including phenoxy) is 2. The Kier molecular flexibility index (Phi) is 11.0. The van der Waals surface area contributed by atoms with Gasteiger partial charge in [0.2, 0.25) is 0 Å². The topological polar surface area (TPSA) is 146 Å². The Labute approximate surface area is 339 Å². The molecule has 296 valence electrons. The molecule has 0 radical (unpaired) electrons. The number of nitrogens with zero attached hydrogens (tertiary/aromatic N) is 5. The molecule has 0 aliphatic carbocycles. The van der Waals surface area contributed by atoms with Gasteiger partial charge in [0.05, 0.1) is 48.9 Å². The maximum absolute atomic E-state index is 13.8. The molecule has 0 aliphatic rings. The van der Waals surface area contributed by atoms with E-state index in [1.807, 2.05) is 53.0 Å². The number of carbonyl (C=O) groups is 2. The number of methoxy groups -OCH3 is 2. The normalized spacial score (nSPS) is 11.3. The van der Waals surface area contributed by atoms with E-state index in [1.54, 1.807) is 36.8 Å². The number of rotatable bonds is 14. The van der Waals surface area contributed by atoms with Crippen LogP contribution in [0.5, 0.6) is 11.5 Å². The van der Waals surface area contributed by atoms with Gasteiger partial charge < -0.3 is 29.1 Å². The molecule has 0 aliphatic heterocycles. The molecule has 0 spiro atoms. The number of anilines is 2. The van der Waals surface area contributed by atoms with Crippen LogP contribution < -0.4 is 25.5 Å². The fraction of sp³-hybridized carbons (Fsp3) is 0.152. The van der Waals surface area contributed by atoms with Gasteiger partial charge in [0.1, 0.15) is 5.58 Å². The molecule has 59 heavy (non-hydrogen) atoms. The first-order chi connectivity index (χ1) is 28.7. The molecular weight excluding hydrogens is 747 g/mol. The van der Waals surface area contributed by atoms with Crippen LogP contribution in [0.15, 0.2) is 143 Å². The van der Waals surface area contributed by atoms with Crippen molar-refractivity contribution in [3.05, 3.63) is 172 Å². The van der Waals surface area contributed by atoms with E-state index >= 15 is 0 Å². The van der Waals surface area contributed by atoms with Crippen molar-refractivity contribution in [3.63, 3.8) is 0 Å². The lowest BCUT2D eigenvalue weighted by molar-refractivity contribution is 0.0997. The lowest BCUT2D eigenvalue weighted by Crippen LogP contribution is -2.25. The second kappa shape index (κ2) is 16.9. The molecule has 0 saturated carbocycles. The summed E-state index contributed by atoms with van der Waals surface area (Å²) in [5, 5.41) is 11.5. The number of aromatic nitrogens is 4. The zero-order chi connectivity index (χ0) is 40.9. The quantitative estimate of drug-likeness (QED) is 0.114. The van der Waals surface area contributed by atoms with Crippen LogP contribution in [0.2, 0.25) is 0 Å². The molecule has 0 unspecified atom stereocenters. The molecule has 13 nitrogen and oxygen atoms in total. The van der Waals surface area contributed by atoms with Gasteiger partial charge in [-0.25, -0.2) is 4.98 Å². The number of nitrogens with one attached hydrogen (secondary N) is 2. The zero-order valence-electron chi connectivity index (χ0n) is 32.7. The van der Waals surface area contributed by atoms with Crippen molar-refractivity contribution in [2.24, 2.45) is 7.05 Å². The molecule has 8 rings (SSSR count). The first-order valence-electron chi connectivity index (χ1n) is 19.0. The lowest BCUT2D eigenvalue weighted by atomic mass is 10.1. The summed E-state index contributed by atoms with van der Waals surface area (Å²) in [5.74, 6) is -0.830. The summed E-state index contributed by atoms with van der Waals surface area (Å²) in [6, 6.07) is 33.4. The van der Waals surface area contributed by atoms with Crippen LogP contribution in [0.3, 0.4) is 0 Å². The van der Waals surface area contributed by atoms with Crippen molar-refractivity contribution in [2.45, 2.75) is 19.5 Å². The summed E-state index contributed by atoms with van der Waals surface area (Å²) in [7, 11) is 4.87. The van der Waals surface area contributed by atoms with Crippen molar-refractivity contribution < 1.29 is 23.5 Å². The summed E-state index contributed by atoms with van der Waals surface area (Å²) in [4.78, 5) is 46.6. The van der Waals surface area contributed by atoms with Crippen LogP contribution in [0.1, 0.15) is 37.6 Å². The van der Waals surface area contributed by atoms with Gasteiger partial charge in [-0.05, 0) is 71.6 Å². The largest absolute Gasteiger partial charge is 0.493 e. The fourth-order valence-electron chi connectivity index (χ4n) is 7.06. The molecule has 0 atom stereocenters. The number of amides is 2. The van der Waals surface area contributed by atoms with E-state index in [9.17, 15) is 14.4 Å². The Morgan fingerprint density at radius 2 is 1.56 bits per heavy atom. The molecule has 3 aromatic heterocycles. The summed E-state index contributed by atoms with van der Waals surface area (Å²) in [6.45, 7) is 2.25. The Hall–Kier alpha value is -7.51. The number of hydrogen-bond acceptors (Lipinski definition) is 9. The predicted octanol–water partition coefficient (Wildman–Crippen LogP) is 7.63. The molecule has 3 heterocycles. The van der Waals surface area contributed by atoms with Crippen LogP contribution in [0.4, 0.5) is 11.4 Å². The van der Waals surface area contributed by atoms with Gasteiger partial charge in [0.25, 0.3) is 11.8 Å². The molecule has 0 bridgehead atoms. The van der Waals surface area contributed by atoms with Crippen molar-refractivity contribution in [1.82, 2.24) is 24.2 Å². The number of imidazole rings is 1. The summed E-state index contributed by atoms with van der Waals surface area (Å²) in [5.41, 5.74) is 6.32. The second-order valence-electron chi connectivity index (χ2n) is 14.1. The highest BCUT2D eigenvalue weighted by atomic mass is 16.5. The maximum Gasteiger partial charge on any atom is 0.291 e. The molecular formula is C46H41N7O6. The summed E-state index contributed by atoms with van der Waals surface area (Å²) < 4.78 is 20.6. The van der Waals surface area contributed by atoms with Crippen molar-refractivity contribution in [3.8, 4) is 17.2 Å². The predicted molar refractivity (Wildman–Crippen MR) is 226 cm³/mol. The Bertz CT molecular complexity index is 2850. The van der Waals surface area contributed by atoms with E-state index < -0.39 is 11.8 Å². The molecule has 13 heteroatoms. The van der Waals surface area contributed by atoms with Gasteiger partial charge in [0.15, 0.2) is 22.7 Å². The average molecular weight is 788 g/mol. The third kappa shape index (κ3) is 8.60. The molecule has 2 N–H and O–H groups in total. The maximum atomic E-state index is 13.8. The van der Waals surface area contributed by atoms with E-state index in [4.69, 9.17) is 13.9 Å².